The second-order valence-electron chi connectivity index (χ2n) is 5.62. The monoisotopic (exact) mass is 289 g/mol. The lowest BCUT2D eigenvalue weighted by Crippen LogP contribution is -2.35. The van der Waals surface area contributed by atoms with Gasteiger partial charge in [0.2, 0.25) is 0 Å². The van der Waals surface area contributed by atoms with Gasteiger partial charge in [0.1, 0.15) is 0 Å². The average molecular weight is 289 g/mol. The molecule has 1 aromatic carbocycles. The minimum atomic E-state index is -0.344. The van der Waals surface area contributed by atoms with Crippen LogP contribution in [0.3, 0.4) is 0 Å². The fourth-order valence-electron chi connectivity index (χ4n) is 2.59. The molecule has 0 radical (unpaired) electrons. The molecule has 4 heteroatoms. The van der Waals surface area contributed by atoms with Gasteiger partial charge in [0.25, 0.3) is 5.91 Å². The summed E-state index contributed by atoms with van der Waals surface area (Å²) in [6.07, 6.45) is 4.66. The van der Waals surface area contributed by atoms with Gasteiger partial charge in [0.15, 0.2) is 6.61 Å². The van der Waals surface area contributed by atoms with Gasteiger partial charge in [-0.15, -0.1) is 0 Å². The molecule has 1 aliphatic heterocycles. The van der Waals surface area contributed by atoms with Crippen LogP contribution in [0.25, 0.3) is 0 Å². The van der Waals surface area contributed by atoms with Gasteiger partial charge >= 0.3 is 5.97 Å². The number of nitrogens with zero attached hydrogens (tertiary/aromatic N) is 1. The molecule has 0 bridgehead atoms. The van der Waals surface area contributed by atoms with E-state index in [1.165, 1.54) is 12.8 Å². The van der Waals surface area contributed by atoms with E-state index in [0.29, 0.717) is 0 Å². The number of likely N-dealkylation sites (tertiary alicyclic amines) is 1. The van der Waals surface area contributed by atoms with Crippen LogP contribution >= 0.6 is 0 Å². The molecule has 2 rings (SSSR count). The Kier molecular flexibility index (Phi) is 5.78. The molecule has 1 heterocycles. The first kappa shape index (κ1) is 15.5. The molecule has 114 valence electrons. The number of rotatable bonds is 4. The lowest BCUT2D eigenvalue weighted by Gasteiger charge is -2.19. The van der Waals surface area contributed by atoms with Crippen LogP contribution in [0.1, 0.15) is 36.8 Å². The summed E-state index contributed by atoms with van der Waals surface area (Å²) in [5.41, 5.74) is 2.03. The molecule has 4 nitrogen and oxygen atoms in total. The van der Waals surface area contributed by atoms with Crippen molar-refractivity contribution in [2.45, 2.75) is 39.0 Å². The minimum Gasteiger partial charge on any atom is -0.455 e. The van der Waals surface area contributed by atoms with Crippen molar-refractivity contribution in [1.82, 2.24) is 4.90 Å². The van der Waals surface area contributed by atoms with Gasteiger partial charge in [-0.25, -0.2) is 0 Å². The first-order chi connectivity index (χ1) is 10.1. The molecule has 1 saturated heterocycles. The number of hydrogen-bond donors (Lipinski definition) is 0. The van der Waals surface area contributed by atoms with Crippen molar-refractivity contribution in [3.63, 3.8) is 0 Å². The van der Waals surface area contributed by atoms with Crippen LogP contribution < -0.4 is 0 Å². The zero-order chi connectivity index (χ0) is 15.1. The van der Waals surface area contributed by atoms with E-state index in [-0.39, 0.29) is 24.9 Å². The maximum atomic E-state index is 12.0. The third kappa shape index (κ3) is 5.21. The second-order valence-corrected chi connectivity index (χ2v) is 5.62. The van der Waals surface area contributed by atoms with E-state index >= 15 is 0 Å². The van der Waals surface area contributed by atoms with Crippen LogP contribution in [0, 0.1) is 6.92 Å². The highest BCUT2D eigenvalue weighted by Gasteiger charge is 2.17. The average Bonchev–Trinajstić information content (AvgIpc) is 2.74. The molecule has 0 aliphatic carbocycles. The van der Waals surface area contributed by atoms with Crippen molar-refractivity contribution >= 4 is 11.9 Å². The Morgan fingerprint density at radius 3 is 2.52 bits per heavy atom. The van der Waals surface area contributed by atoms with Crippen molar-refractivity contribution in [3.05, 3.63) is 35.4 Å². The number of carbonyl (C=O) groups excluding carboxylic acids is 2. The lowest BCUT2D eigenvalue weighted by atomic mass is 10.1. The van der Waals surface area contributed by atoms with Crippen molar-refractivity contribution in [2.75, 3.05) is 19.7 Å². The van der Waals surface area contributed by atoms with E-state index in [0.717, 1.165) is 37.1 Å². The second kappa shape index (κ2) is 7.81. The Labute approximate surface area is 126 Å². The highest BCUT2D eigenvalue weighted by Crippen LogP contribution is 2.10. The molecule has 0 atom stereocenters. The van der Waals surface area contributed by atoms with Crippen LogP contribution in [-0.4, -0.2) is 36.5 Å². The summed E-state index contributed by atoms with van der Waals surface area (Å²) in [6.45, 7) is 3.42. The Bertz CT molecular complexity index is 491. The standard InChI is InChI=1S/C17H23NO3/c1-14-7-6-8-15(11-14)12-17(20)21-13-16(19)18-9-4-2-3-5-10-18/h6-8,11H,2-5,9-10,12-13H2,1H3. The Hall–Kier alpha value is -1.84. The first-order valence-electron chi connectivity index (χ1n) is 7.64. The van der Waals surface area contributed by atoms with Crippen molar-refractivity contribution in [2.24, 2.45) is 0 Å². The van der Waals surface area contributed by atoms with Gasteiger partial charge < -0.3 is 9.64 Å². The largest absolute Gasteiger partial charge is 0.455 e. The number of amides is 1. The van der Waals surface area contributed by atoms with Gasteiger partial charge in [0.05, 0.1) is 6.42 Å². The molecule has 0 aromatic heterocycles. The summed E-state index contributed by atoms with van der Waals surface area (Å²) >= 11 is 0. The molecular weight excluding hydrogens is 266 g/mol. The normalized spacial score (nSPS) is 15.4. The van der Waals surface area contributed by atoms with Gasteiger partial charge in [-0.1, -0.05) is 42.7 Å². The van der Waals surface area contributed by atoms with Gasteiger partial charge in [-0.2, -0.15) is 0 Å². The Morgan fingerprint density at radius 2 is 1.86 bits per heavy atom. The van der Waals surface area contributed by atoms with Gasteiger partial charge in [-0.3, -0.25) is 9.59 Å². The van der Waals surface area contributed by atoms with Crippen LogP contribution in [0.2, 0.25) is 0 Å². The van der Waals surface area contributed by atoms with Gasteiger partial charge in [-0.05, 0) is 25.3 Å². The molecule has 0 unspecified atom stereocenters. The lowest BCUT2D eigenvalue weighted by molar-refractivity contribution is -0.151. The van der Waals surface area contributed by atoms with E-state index in [1.54, 1.807) is 0 Å². The molecule has 0 saturated carbocycles. The third-order valence-electron chi connectivity index (χ3n) is 3.75. The zero-order valence-corrected chi connectivity index (χ0v) is 12.6. The summed E-state index contributed by atoms with van der Waals surface area (Å²) in [6, 6.07) is 7.75. The molecule has 1 fully saturated rings. The number of benzene rings is 1. The fourth-order valence-corrected chi connectivity index (χ4v) is 2.59. The third-order valence-corrected chi connectivity index (χ3v) is 3.75. The topological polar surface area (TPSA) is 46.6 Å². The summed E-state index contributed by atoms with van der Waals surface area (Å²) in [5.74, 6) is -0.418. The maximum absolute atomic E-state index is 12.0. The van der Waals surface area contributed by atoms with Crippen LogP contribution in [0.5, 0.6) is 0 Å². The van der Waals surface area contributed by atoms with E-state index in [2.05, 4.69) is 0 Å². The minimum absolute atomic E-state index is 0.0745. The van der Waals surface area contributed by atoms with E-state index < -0.39 is 0 Å². The number of ether oxygens (including phenoxy) is 1. The predicted octanol–water partition coefficient (Wildman–Crippen LogP) is 2.48. The molecule has 1 aromatic rings. The summed E-state index contributed by atoms with van der Waals surface area (Å²) < 4.78 is 5.11. The molecule has 21 heavy (non-hydrogen) atoms. The van der Waals surface area contributed by atoms with Crippen molar-refractivity contribution in [1.29, 1.82) is 0 Å². The van der Waals surface area contributed by atoms with Crippen molar-refractivity contribution < 1.29 is 14.3 Å². The molecule has 1 aliphatic rings. The Balaban J connectivity index is 1.76. The van der Waals surface area contributed by atoms with Crippen LogP contribution in [0.15, 0.2) is 24.3 Å². The SMILES string of the molecule is Cc1cccc(CC(=O)OCC(=O)N2CCCCCC2)c1. The number of carbonyl (C=O) groups is 2. The highest BCUT2D eigenvalue weighted by atomic mass is 16.5. The number of esters is 1. The molecular formula is C17H23NO3. The van der Waals surface area contributed by atoms with E-state index in [4.69, 9.17) is 4.74 Å². The van der Waals surface area contributed by atoms with Crippen LogP contribution in [0.4, 0.5) is 0 Å². The summed E-state index contributed by atoms with van der Waals surface area (Å²) in [5, 5.41) is 0. The van der Waals surface area contributed by atoms with E-state index in [1.807, 2.05) is 36.1 Å². The summed E-state index contributed by atoms with van der Waals surface area (Å²) in [7, 11) is 0. The quantitative estimate of drug-likeness (QED) is 0.800. The molecule has 0 N–H and O–H groups in total. The molecule has 0 spiro atoms. The predicted molar refractivity (Wildman–Crippen MR) is 80.9 cm³/mol. The summed E-state index contributed by atoms with van der Waals surface area (Å²) in [4.78, 5) is 25.6. The van der Waals surface area contributed by atoms with Crippen LogP contribution in [-0.2, 0) is 20.7 Å². The maximum Gasteiger partial charge on any atom is 0.310 e. The smallest absolute Gasteiger partial charge is 0.310 e. The van der Waals surface area contributed by atoms with Crippen molar-refractivity contribution in [3.8, 4) is 0 Å². The highest BCUT2D eigenvalue weighted by molar-refractivity contribution is 5.81. The Morgan fingerprint density at radius 1 is 1.14 bits per heavy atom. The van der Waals surface area contributed by atoms with Gasteiger partial charge in [0, 0.05) is 13.1 Å². The first-order valence-corrected chi connectivity index (χ1v) is 7.64. The number of hydrogen-bond acceptors (Lipinski definition) is 3. The number of aryl methyl sites for hydroxylation is 1. The van der Waals surface area contributed by atoms with E-state index in [9.17, 15) is 9.59 Å². The fraction of sp³-hybridized carbons (Fsp3) is 0.529. The zero-order valence-electron chi connectivity index (χ0n) is 12.6. The molecule has 1 amide bonds.